The third kappa shape index (κ3) is 5.49. The zero-order chi connectivity index (χ0) is 15.9. The van der Waals surface area contributed by atoms with Crippen molar-refractivity contribution >= 4 is 29.3 Å². The average Bonchev–Trinajstić information content (AvgIpc) is 2.53. The summed E-state index contributed by atoms with van der Waals surface area (Å²) in [5.41, 5.74) is 5.98. The van der Waals surface area contributed by atoms with Crippen LogP contribution in [-0.4, -0.2) is 35.7 Å². The summed E-state index contributed by atoms with van der Waals surface area (Å²) < 4.78 is 0. The molecule has 2 N–H and O–H groups in total. The Morgan fingerprint density at radius 2 is 2.18 bits per heavy atom. The molecular weight excluding hydrogens is 316 g/mol. The number of nitrogens with two attached hydrogens (primary N) is 1. The molecule has 1 aromatic carbocycles. The summed E-state index contributed by atoms with van der Waals surface area (Å²) in [6.07, 6.45) is 3.77. The van der Waals surface area contributed by atoms with E-state index in [-0.39, 0.29) is 11.9 Å². The van der Waals surface area contributed by atoms with Crippen molar-refractivity contribution in [2.45, 2.75) is 43.5 Å². The van der Waals surface area contributed by atoms with Gasteiger partial charge in [0.05, 0.1) is 0 Å². The van der Waals surface area contributed by atoms with E-state index >= 15 is 0 Å². The number of amides is 1. The van der Waals surface area contributed by atoms with Gasteiger partial charge in [-0.15, -0.1) is 11.8 Å². The van der Waals surface area contributed by atoms with E-state index in [1.807, 2.05) is 36.1 Å². The van der Waals surface area contributed by atoms with Crippen molar-refractivity contribution in [3.8, 4) is 0 Å². The largest absolute Gasteiger partial charge is 0.342 e. The average molecular weight is 341 g/mol. The van der Waals surface area contributed by atoms with Gasteiger partial charge >= 0.3 is 0 Å². The van der Waals surface area contributed by atoms with Gasteiger partial charge in [-0.3, -0.25) is 4.79 Å². The Morgan fingerprint density at radius 1 is 1.45 bits per heavy atom. The van der Waals surface area contributed by atoms with Gasteiger partial charge in [-0.1, -0.05) is 11.6 Å². The molecule has 3 nitrogen and oxygen atoms in total. The molecule has 0 aromatic heterocycles. The molecule has 2 rings (SSSR count). The number of carbonyl (C=O) groups is 1. The van der Waals surface area contributed by atoms with Crippen molar-refractivity contribution in [3.63, 3.8) is 0 Å². The number of carbonyl (C=O) groups excluding carboxylic acids is 1. The first-order valence-electron chi connectivity index (χ1n) is 7.98. The highest BCUT2D eigenvalue weighted by atomic mass is 35.5. The van der Waals surface area contributed by atoms with E-state index in [4.69, 9.17) is 17.3 Å². The maximum absolute atomic E-state index is 12.3. The van der Waals surface area contributed by atoms with E-state index in [2.05, 4.69) is 0 Å². The molecule has 22 heavy (non-hydrogen) atoms. The lowest BCUT2D eigenvalue weighted by Gasteiger charge is -2.34. The van der Waals surface area contributed by atoms with Crippen LogP contribution in [-0.2, 0) is 4.79 Å². The first kappa shape index (κ1) is 17.6. The van der Waals surface area contributed by atoms with Crippen molar-refractivity contribution in [3.05, 3.63) is 29.3 Å². The molecular formula is C17H25ClN2OS. The summed E-state index contributed by atoms with van der Waals surface area (Å²) in [6, 6.07) is 8.02. The maximum Gasteiger partial charge on any atom is 0.222 e. The molecule has 2 unspecified atom stereocenters. The van der Waals surface area contributed by atoms with Crippen LogP contribution in [0.15, 0.2) is 29.2 Å². The number of thioether (sulfide) groups is 1. The fourth-order valence-electron chi connectivity index (χ4n) is 2.77. The number of rotatable bonds is 6. The van der Waals surface area contributed by atoms with Crippen molar-refractivity contribution in [2.75, 3.05) is 18.8 Å². The van der Waals surface area contributed by atoms with E-state index in [1.165, 1.54) is 4.90 Å². The third-order valence-electron chi connectivity index (χ3n) is 4.17. The predicted octanol–water partition coefficient (Wildman–Crippen LogP) is 3.80. The van der Waals surface area contributed by atoms with Gasteiger partial charge in [0.1, 0.15) is 0 Å². The van der Waals surface area contributed by atoms with Crippen molar-refractivity contribution < 1.29 is 4.79 Å². The number of hydrogen-bond acceptors (Lipinski definition) is 3. The smallest absolute Gasteiger partial charge is 0.222 e. The van der Waals surface area contributed by atoms with Crippen molar-refractivity contribution in [1.29, 1.82) is 0 Å². The fraction of sp³-hybridized carbons (Fsp3) is 0.588. The van der Waals surface area contributed by atoms with Gasteiger partial charge < -0.3 is 10.6 Å². The molecule has 2 atom stereocenters. The number of hydrogen-bond donors (Lipinski definition) is 1. The molecule has 1 fully saturated rings. The minimum atomic E-state index is 0.177. The van der Waals surface area contributed by atoms with Crippen LogP contribution in [0.3, 0.4) is 0 Å². The monoisotopic (exact) mass is 340 g/mol. The number of benzene rings is 1. The highest BCUT2D eigenvalue weighted by molar-refractivity contribution is 7.99. The third-order valence-corrected chi connectivity index (χ3v) is 5.52. The zero-order valence-electron chi connectivity index (χ0n) is 13.1. The molecule has 0 spiro atoms. The topological polar surface area (TPSA) is 46.3 Å². The van der Waals surface area contributed by atoms with Crippen LogP contribution < -0.4 is 5.73 Å². The zero-order valence-corrected chi connectivity index (χ0v) is 14.7. The van der Waals surface area contributed by atoms with E-state index in [9.17, 15) is 4.79 Å². The summed E-state index contributed by atoms with van der Waals surface area (Å²) in [4.78, 5) is 15.5. The van der Waals surface area contributed by atoms with Crippen LogP contribution in [0, 0.1) is 5.92 Å². The molecule has 0 aliphatic carbocycles. The Balaban J connectivity index is 1.68. The summed E-state index contributed by atoms with van der Waals surface area (Å²) in [6.45, 7) is 3.77. The Kier molecular flexibility index (Phi) is 7.06. The van der Waals surface area contributed by atoms with Crippen LogP contribution in [0.1, 0.15) is 32.6 Å². The second kappa shape index (κ2) is 8.80. The summed E-state index contributed by atoms with van der Waals surface area (Å²) >= 11 is 7.64. The van der Waals surface area contributed by atoms with Gasteiger partial charge in [0.2, 0.25) is 5.91 Å². The lowest BCUT2D eigenvalue weighted by Crippen LogP contribution is -2.45. The quantitative estimate of drug-likeness (QED) is 0.633. The fourth-order valence-corrected chi connectivity index (χ4v) is 3.75. The maximum atomic E-state index is 12.3. The molecule has 1 heterocycles. The lowest BCUT2D eigenvalue weighted by molar-refractivity contribution is -0.133. The van der Waals surface area contributed by atoms with E-state index < -0.39 is 0 Å². The minimum Gasteiger partial charge on any atom is -0.342 e. The van der Waals surface area contributed by atoms with E-state index in [0.29, 0.717) is 12.3 Å². The molecule has 5 heteroatoms. The number of nitrogens with zero attached hydrogens (tertiary/aromatic N) is 1. The van der Waals surface area contributed by atoms with Gasteiger partial charge in [-0.05, 0) is 62.1 Å². The molecule has 1 saturated heterocycles. The second-order valence-corrected chi connectivity index (χ2v) is 7.61. The van der Waals surface area contributed by atoms with E-state index in [1.54, 1.807) is 11.8 Å². The first-order chi connectivity index (χ1) is 10.6. The molecule has 0 saturated carbocycles. The molecule has 1 aliphatic rings. The summed E-state index contributed by atoms with van der Waals surface area (Å²) in [5.74, 6) is 1.70. The minimum absolute atomic E-state index is 0.177. The van der Waals surface area contributed by atoms with Gasteiger partial charge in [0, 0.05) is 35.5 Å². The van der Waals surface area contributed by atoms with E-state index in [0.717, 1.165) is 43.1 Å². The molecule has 1 aromatic rings. The van der Waals surface area contributed by atoms with Crippen molar-refractivity contribution in [2.24, 2.45) is 11.7 Å². The molecule has 1 amide bonds. The molecule has 122 valence electrons. The summed E-state index contributed by atoms with van der Waals surface area (Å²) in [5, 5.41) is 0.758. The predicted molar refractivity (Wildman–Crippen MR) is 94.4 cm³/mol. The van der Waals surface area contributed by atoms with Crippen LogP contribution >= 0.6 is 23.4 Å². The Hall–Kier alpha value is -0.710. The van der Waals surface area contributed by atoms with Crippen molar-refractivity contribution in [1.82, 2.24) is 4.90 Å². The Morgan fingerprint density at radius 3 is 2.86 bits per heavy atom. The van der Waals surface area contributed by atoms with Crippen LogP contribution in [0.4, 0.5) is 0 Å². The molecule has 0 bridgehead atoms. The van der Waals surface area contributed by atoms with Crippen LogP contribution in [0.5, 0.6) is 0 Å². The SMILES string of the molecule is CC(N)C1CCCN(C(=O)CCCSc2ccc(Cl)cc2)C1. The van der Waals surface area contributed by atoms with Crippen LogP contribution in [0.2, 0.25) is 5.02 Å². The lowest BCUT2D eigenvalue weighted by atomic mass is 9.92. The highest BCUT2D eigenvalue weighted by Crippen LogP contribution is 2.23. The first-order valence-corrected chi connectivity index (χ1v) is 9.34. The normalized spacial score (nSPS) is 20.0. The van der Waals surface area contributed by atoms with Gasteiger partial charge in [-0.25, -0.2) is 0 Å². The van der Waals surface area contributed by atoms with Gasteiger partial charge in [-0.2, -0.15) is 0 Å². The Bertz CT molecular complexity index is 478. The second-order valence-electron chi connectivity index (χ2n) is 6.01. The highest BCUT2D eigenvalue weighted by Gasteiger charge is 2.25. The molecule has 1 aliphatic heterocycles. The number of halogens is 1. The Labute approximate surface area is 142 Å². The number of likely N-dealkylation sites (tertiary alicyclic amines) is 1. The molecule has 0 radical (unpaired) electrons. The standard InChI is InChI=1S/C17H25ClN2OS/c1-13(19)14-4-2-10-20(12-14)17(21)5-3-11-22-16-8-6-15(18)7-9-16/h6-9,13-14H,2-5,10-12,19H2,1H3. The number of piperidine rings is 1. The van der Waals surface area contributed by atoms with Crippen LogP contribution in [0.25, 0.3) is 0 Å². The van der Waals surface area contributed by atoms with Gasteiger partial charge in [0.25, 0.3) is 0 Å². The summed E-state index contributed by atoms with van der Waals surface area (Å²) in [7, 11) is 0. The van der Waals surface area contributed by atoms with Gasteiger partial charge in [0.15, 0.2) is 0 Å².